The van der Waals surface area contributed by atoms with Gasteiger partial charge in [-0.25, -0.2) is 13.8 Å². The first-order valence-corrected chi connectivity index (χ1v) is 11.1. The number of fused-ring (bicyclic) bond motifs is 2. The summed E-state index contributed by atoms with van der Waals surface area (Å²) in [6.45, 7) is 3.09. The summed E-state index contributed by atoms with van der Waals surface area (Å²) >= 11 is 0. The number of aromatic carboxylic acids is 1. The highest BCUT2D eigenvalue weighted by molar-refractivity contribution is 6.07. The molecule has 6 rings (SSSR count). The Morgan fingerprint density at radius 3 is 2.42 bits per heavy atom. The van der Waals surface area contributed by atoms with Crippen LogP contribution in [0.5, 0.6) is 0 Å². The molecule has 0 saturated carbocycles. The molecule has 0 amide bonds. The lowest BCUT2D eigenvalue weighted by molar-refractivity contribution is 0.0697. The largest absolute Gasteiger partial charge is 0.478 e. The third kappa shape index (κ3) is 3.10. The van der Waals surface area contributed by atoms with E-state index in [2.05, 4.69) is 0 Å². The molecule has 3 heterocycles. The maximum Gasteiger partial charge on any atom is 0.336 e. The van der Waals surface area contributed by atoms with Gasteiger partial charge in [-0.15, -0.1) is 0 Å². The molecular weight excluding hydrogens is 426 g/mol. The van der Waals surface area contributed by atoms with Gasteiger partial charge in [-0.1, -0.05) is 18.2 Å². The summed E-state index contributed by atoms with van der Waals surface area (Å²) in [7, 11) is 0. The minimum absolute atomic E-state index is 0.0609. The molecule has 33 heavy (non-hydrogen) atoms. The van der Waals surface area contributed by atoms with Crippen molar-refractivity contribution in [3.8, 4) is 22.5 Å². The van der Waals surface area contributed by atoms with Gasteiger partial charge in [0.1, 0.15) is 30.3 Å². The quantitative estimate of drug-likeness (QED) is 0.369. The topological polar surface area (TPSA) is 56.7 Å². The van der Waals surface area contributed by atoms with Crippen molar-refractivity contribution in [3.05, 3.63) is 71.1 Å². The second kappa shape index (κ2) is 7.40. The molecule has 2 fully saturated rings. The van der Waals surface area contributed by atoms with Crippen LogP contribution in [0.1, 0.15) is 23.2 Å². The summed E-state index contributed by atoms with van der Waals surface area (Å²) in [4.78, 5) is 13.9. The number of nitrogens with zero attached hydrogens (tertiary/aromatic N) is 2. The molecule has 0 radical (unpaired) electrons. The van der Waals surface area contributed by atoms with E-state index < -0.39 is 17.6 Å². The molecule has 1 aliphatic carbocycles. The van der Waals surface area contributed by atoms with Gasteiger partial charge in [-0.2, -0.15) is 4.39 Å². The fourth-order valence-corrected chi connectivity index (χ4v) is 4.69. The smallest absolute Gasteiger partial charge is 0.336 e. The molecule has 1 N–H and O–H groups in total. The van der Waals surface area contributed by atoms with Crippen LogP contribution in [0, 0.1) is 11.6 Å². The number of hydrogen-bond acceptors (Lipinski definition) is 3. The number of halogens is 2. The standard InChI is InChI=1S/C26H20F2N2O3/c27-19-11-17-23(13-21(19)29-7-3-8-29)33-24-14-22(30-9-4-10-30)20(28)12-18(24)25(17)15-5-1-2-6-16(15)26(31)32/h1-2,5-6,11-14H,3-4,7-10H2/p+1. The number of carbonyl (C=O) groups is 1. The Bertz CT molecular complexity index is 1480. The number of anilines is 1. The van der Waals surface area contributed by atoms with Crippen molar-refractivity contribution in [2.24, 2.45) is 0 Å². The highest BCUT2D eigenvalue weighted by atomic mass is 19.1. The van der Waals surface area contributed by atoms with Crippen LogP contribution in [-0.4, -0.2) is 37.3 Å². The Balaban J connectivity index is 1.74. The molecular formula is C26H21F2N2O3+. The van der Waals surface area contributed by atoms with Crippen LogP contribution in [-0.2, 0) is 0 Å². The highest BCUT2D eigenvalue weighted by Crippen LogP contribution is 2.43. The third-order valence-corrected chi connectivity index (χ3v) is 6.68. The van der Waals surface area contributed by atoms with Crippen LogP contribution in [0.4, 0.5) is 14.5 Å². The van der Waals surface area contributed by atoms with Gasteiger partial charge in [-0.3, -0.25) is 0 Å². The van der Waals surface area contributed by atoms with E-state index in [4.69, 9.17) is 4.42 Å². The molecule has 5 nitrogen and oxygen atoms in total. The van der Waals surface area contributed by atoms with Gasteiger partial charge >= 0.3 is 5.97 Å². The molecule has 2 aromatic rings. The zero-order valence-electron chi connectivity index (χ0n) is 17.8. The maximum absolute atomic E-state index is 15.2. The predicted octanol–water partition coefficient (Wildman–Crippen LogP) is 4.57. The second-order valence-corrected chi connectivity index (χ2v) is 8.61. The number of benzene rings is 3. The molecule has 0 unspecified atom stereocenters. The summed E-state index contributed by atoms with van der Waals surface area (Å²) < 4.78 is 38.5. The Labute approximate surface area is 188 Å². The van der Waals surface area contributed by atoms with E-state index in [1.165, 1.54) is 18.2 Å². The fraction of sp³-hybridized carbons (Fsp3) is 0.231. The van der Waals surface area contributed by atoms with Crippen molar-refractivity contribution in [3.63, 3.8) is 0 Å². The zero-order valence-corrected chi connectivity index (χ0v) is 17.8. The number of carboxylic acids is 1. The fourth-order valence-electron chi connectivity index (χ4n) is 4.69. The van der Waals surface area contributed by atoms with E-state index in [-0.39, 0.29) is 5.56 Å². The summed E-state index contributed by atoms with van der Waals surface area (Å²) in [5.41, 5.74) is 2.21. The molecule has 0 spiro atoms. The lowest BCUT2D eigenvalue weighted by atomic mass is 9.90. The first-order chi connectivity index (χ1) is 16.0. The monoisotopic (exact) mass is 447 g/mol. The maximum atomic E-state index is 15.2. The van der Waals surface area contributed by atoms with E-state index in [1.807, 2.05) is 9.48 Å². The van der Waals surface area contributed by atoms with Crippen LogP contribution in [0.15, 0.2) is 52.9 Å². The first-order valence-electron chi connectivity index (χ1n) is 11.1. The van der Waals surface area contributed by atoms with Crippen molar-refractivity contribution in [1.29, 1.82) is 0 Å². The Morgan fingerprint density at radius 1 is 0.970 bits per heavy atom. The van der Waals surface area contributed by atoms with Crippen LogP contribution in [0.25, 0.3) is 33.4 Å². The van der Waals surface area contributed by atoms with Crippen LogP contribution >= 0.6 is 0 Å². The van der Waals surface area contributed by atoms with Crippen molar-refractivity contribution < 1.29 is 23.1 Å². The molecule has 3 aliphatic heterocycles. The Morgan fingerprint density at radius 2 is 1.76 bits per heavy atom. The van der Waals surface area contributed by atoms with Gasteiger partial charge in [0.25, 0.3) is 0 Å². The van der Waals surface area contributed by atoms with Crippen molar-refractivity contribution in [2.45, 2.75) is 12.8 Å². The normalized spacial score (nSPS) is 15.6. The van der Waals surface area contributed by atoms with Crippen LogP contribution in [0.3, 0.4) is 0 Å². The lowest BCUT2D eigenvalue weighted by Crippen LogP contribution is -2.42. The molecule has 0 aromatic heterocycles. The number of hydrogen-bond donors (Lipinski definition) is 1. The van der Waals surface area contributed by atoms with Crippen LogP contribution in [0.2, 0.25) is 0 Å². The molecule has 0 atom stereocenters. The third-order valence-electron chi connectivity index (χ3n) is 6.68. The summed E-state index contributed by atoms with van der Waals surface area (Å²) in [6.07, 6.45) is 2.00. The van der Waals surface area contributed by atoms with Crippen molar-refractivity contribution in [2.75, 3.05) is 31.1 Å². The Hall–Kier alpha value is -3.74. The first kappa shape index (κ1) is 19.9. The van der Waals surface area contributed by atoms with E-state index in [1.54, 1.807) is 30.3 Å². The predicted molar refractivity (Wildman–Crippen MR) is 122 cm³/mol. The second-order valence-electron chi connectivity index (χ2n) is 8.61. The molecule has 166 valence electrons. The minimum atomic E-state index is -1.11. The van der Waals surface area contributed by atoms with Gasteiger partial charge in [0.15, 0.2) is 5.82 Å². The summed E-state index contributed by atoms with van der Waals surface area (Å²) in [6, 6.07) is 12.6. The van der Waals surface area contributed by atoms with Crippen molar-refractivity contribution >= 4 is 22.6 Å². The molecule has 0 bridgehead atoms. The van der Waals surface area contributed by atoms with Gasteiger partial charge in [-0.05, 0) is 30.2 Å². The molecule has 7 heteroatoms. The molecule has 4 aliphatic rings. The van der Waals surface area contributed by atoms with Crippen LogP contribution < -0.4 is 14.8 Å². The van der Waals surface area contributed by atoms with Gasteiger partial charge in [0, 0.05) is 35.7 Å². The summed E-state index contributed by atoms with van der Waals surface area (Å²) in [5.74, 6) is -1.50. The number of rotatable bonds is 3. The Kier molecular flexibility index (Phi) is 4.47. The van der Waals surface area contributed by atoms with Gasteiger partial charge in [0.2, 0.25) is 5.36 Å². The highest BCUT2D eigenvalue weighted by Gasteiger charge is 2.27. The SMILES string of the molecule is O=C(O)c1ccccc1-c1c2cc(F)c(=[N+]3CCC3)cc-2oc2cc(N3CCC3)c(F)cc12. The molecule has 2 aromatic carbocycles. The van der Waals surface area contributed by atoms with Gasteiger partial charge in [0.05, 0.1) is 23.7 Å². The lowest BCUT2D eigenvalue weighted by Gasteiger charge is -2.33. The minimum Gasteiger partial charge on any atom is -0.478 e. The average molecular weight is 447 g/mol. The number of carboxylic acid groups (broad SMARTS) is 1. The zero-order chi connectivity index (χ0) is 22.7. The average Bonchev–Trinajstić information content (AvgIpc) is 2.71. The van der Waals surface area contributed by atoms with E-state index in [0.29, 0.717) is 44.5 Å². The van der Waals surface area contributed by atoms with E-state index in [0.717, 1.165) is 39.0 Å². The van der Waals surface area contributed by atoms with Crippen molar-refractivity contribution in [1.82, 2.24) is 4.58 Å². The summed E-state index contributed by atoms with van der Waals surface area (Å²) in [5, 5.41) is 10.7. The van der Waals surface area contributed by atoms with Gasteiger partial charge < -0.3 is 14.4 Å². The van der Waals surface area contributed by atoms with E-state index >= 15 is 8.78 Å². The van der Waals surface area contributed by atoms with E-state index in [9.17, 15) is 9.90 Å². The molecule has 2 saturated heterocycles.